The van der Waals surface area contributed by atoms with Gasteiger partial charge in [0.2, 0.25) is 0 Å². The molecule has 0 aliphatic heterocycles. The van der Waals surface area contributed by atoms with Crippen LogP contribution in [-0.4, -0.2) is 23.5 Å². The van der Waals surface area contributed by atoms with Crippen molar-refractivity contribution in [2.24, 2.45) is 0 Å². The number of rotatable bonds is 5. The summed E-state index contributed by atoms with van der Waals surface area (Å²) in [6.07, 6.45) is 8.38. The molecule has 0 bridgehead atoms. The number of para-hydroxylation sites is 1. The van der Waals surface area contributed by atoms with E-state index in [1.165, 1.54) is 32.1 Å². The predicted octanol–water partition coefficient (Wildman–Crippen LogP) is 6.14. The van der Waals surface area contributed by atoms with Gasteiger partial charge in [-0.1, -0.05) is 62.4 Å². The highest BCUT2D eigenvalue weighted by Gasteiger charge is 2.18. The molecule has 1 amide bonds. The number of carbonyl (C=O) groups excluding carboxylic acids is 1. The third kappa shape index (κ3) is 4.81. The maximum absolute atomic E-state index is 13.3. The van der Waals surface area contributed by atoms with Gasteiger partial charge in [0, 0.05) is 17.0 Å². The van der Waals surface area contributed by atoms with Gasteiger partial charge in [0.1, 0.15) is 5.75 Å². The van der Waals surface area contributed by atoms with Gasteiger partial charge in [0.05, 0.1) is 23.4 Å². The summed E-state index contributed by atoms with van der Waals surface area (Å²) >= 11 is 0. The Labute approximate surface area is 178 Å². The van der Waals surface area contributed by atoms with E-state index in [1.807, 2.05) is 61.5 Å². The number of benzene rings is 2. The smallest absolute Gasteiger partial charge is 0.252 e. The number of carbonyl (C=O) groups is 1. The van der Waals surface area contributed by atoms with E-state index in [4.69, 9.17) is 9.72 Å². The molecule has 4 nitrogen and oxygen atoms in total. The van der Waals surface area contributed by atoms with Crippen LogP contribution < -0.4 is 10.1 Å². The largest absolute Gasteiger partial charge is 0.494 e. The number of hydrogen-bond donors (Lipinski definition) is 1. The number of ether oxygens (including phenoxy) is 1. The van der Waals surface area contributed by atoms with Crippen LogP contribution in [0.15, 0.2) is 54.6 Å². The lowest BCUT2D eigenvalue weighted by molar-refractivity contribution is 0.0932. The number of nitrogens with one attached hydrogen (secondary N) is 1. The molecule has 30 heavy (non-hydrogen) atoms. The summed E-state index contributed by atoms with van der Waals surface area (Å²) in [4.78, 5) is 18.1. The topological polar surface area (TPSA) is 51.2 Å². The van der Waals surface area contributed by atoms with Crippen molar-refractivity contribution in [3.63, 3.8) is 0 Å². The lowest BCUT2D eigenvalue weighted by Crippen LogP contribution is -2.35. The Balaban J connectivity index is 1.68. The van der Waals surface area contributed by atoms with E-state index in [1.54, 1.807) is 0 Å². The zero-order chi connectivity index (χ0) is 20.8. The Morgan fingerprint density at radius 3 is 2.57 bits per heavy atom. The van der Waals surface area contributed by atoms with E-state index in [-0.39, 0.29) is 11.9 Å². The first kappa shape index (κ1) is 20.4. The molecule has 1 aliphatic carbocycles. The lowest BCUT2D eigenvalue weighted by Gasteiger charge is -2.21. The van der Waals surface area contributed by atoms with E-state index >= 15 is 0 Å². The maximum atomic E-state index is 13.3. The quantitative estimate of drug-likeness (QED) is 0.557. The van der Waals surface area contributed by atoms with Crippen LogP contribution in [0, 0.1) is 0 Å². The highest BCUT2D eigenvalue weighted by atomic mass is 16.5. The first-order valence-electron chi connectivity index (χ1n) is 11.2. The van der Waals surface area contributed by atoms with Gasteiger partial charge in [-0.05, 0) is 44.0 Å². The first-order valence-corrected chi connectivity index (χ1v) is 11.2. The number of aromatic nitrogens is 1. The molecular formula is C26H30N2O2. The monoisotopic (exact) mass is 402 g/mol. The molecule has 1 aliphatic rings. The van der Waals surface area contributed by atoms with Crippen molar-refractivity contribution in [1.29, 1.82) is 0 Å². The minimum Gasteiger partial charge on any atom is -0.494 e. The van der Waals surface area contributed by atoms with Crippen LogP contribution in [0.1, 0.15) is 62.2 Å². The van der Waals surface area contributed by atoms with E-state index in [0.29, 0.717) is 12.2 Å². The molecule has 1 heterocycles. The molecule has 4 rings (SSSR count). The molecule has 0 unspecified atom stereocenters. The van der Waals surface area contributed by atoms with Crippen molar-refractivity contribution in [2.75, 3.05) is 6.61 Å². The summed E-state index contributed by atoms with van der Waals surface area (Å²) in [6, 6.07) is 18.0. The minimum absolute atomic E-state index is 0.00128. The summed E-state index contributed by atoms with van der Waals surface area (Å²) in [5, 5.41) is 4.21. The first-order chi connectivity index (χ1) is 14.7. The van der Waals surface area contributed by atoms with Crippen LogP contribution >= 0.6 is 0 Å². The predicted molar refractivity (Wildman–Crippen MR) is 122 cm³/mol. The van der Waals surface area contributed by atoms with Gasteiger partial charge in [0.25, 0.3) is 5.91 Å². The van der Waals surface area contributed by atoms with Crippen LogP contribution in [0.25, 0.3) is 22.2 Å². The fourth-order valence-electron chi connectivity index (χ4n) is 4.29. The average molecular weight is 403 g/mol. The molecule has 3 aromatic rings. The van der Waals surface area contributed by atoms with Gasteiger partial charge < -0.3 is 10.1 Å². The zero-order valence-electron chi connectivity index (χ0n) is 17.7. The molecule has 0 saturated heterocycles. The van der Waals surface area contributed by atoms with E-state index < -0.39 is 0 Å². The van der Waals surface area contributed by atoms with Gasteiger partial charge in [0.15, 0.2) is 0 Å². The minimum atomic E-state index is 0.00128. The van der Waals surface area contributed by atoms with Gasteiger partial charge >= 0.3 is 0 Å². The van der Waals surface area contributed by atoms with E-state index in [2.05, 4.69) is 5.32 Å². The van der Waals surface area contributed by atoms with Gasteiger partial charge in [-0.3, -0.25) is 4.79 Å². The fourth-order valence-corrected chi connectivity index (χ4v) is 4.29. The fraction of sp³-hybridized carbons (Fsp3) is 0.385. The summed E-state index contributed by atoms with van der Waals surface area (Å²) in [5.41, 5.74) is 3.27. The van der Waals surface area contributed by atoms with Crippen LogP contribution in [0.4, 0.5) is 0 Å². The van der Waals surface area contributed by atoms with Crippen molar-refractivity contribution < 1.29 is 9.53 Å². The van der Waals surface area contributed by atoms with Gasteiger partial charge in [-0.15, -0.1) is 0 Å². The Hall–Kier alpha value is -2.88. The van der Waals surface area contributed by atoms with E-state index in [0.717, 1.165) is 40.8 Å². The van der Waals surface area contributed by atoms with Gasteiger partial charge in [-0.25, -0.2) is 4.98 Å². The number of fused-ring (bicyclic) bond motifs is 1. The van der Waals surface area contributed by atoms with Crippen LogP contribution in [0.5, 0.6) is 5.75 Å². The maximum Gasteiger partial charge on any atom is 0.252 e. The van der Waals surface area contributed by atoms with Crippen LogP contribution in [0.3, 0.4) is 0 Å². The molecule has 1 saturated carbocycles. The molecule has 0 radical (unpaired) electrons. The summed E-state index contributed by atoms with van der Waals surface area (Å²) < 4.78 is 5.65. The van der Waals surface area contributed by atoms with Crippen molar-refractivity contribution in [2.45, 2.75) is 57.9 Å². The van der Waals surface area contributed by atoms with E-state index in [9.17, 15) is 4.79 Å². The molecule has 1 fully saturated rings. The Kier molecular flexibility index (Phi) is 6.63. The highest BCUT2D eigenvalue weighted by Crippen LogP contribution is 2.28. The third-order valence-electron chi connectivity index (χ3n) is 5.84. The zero-order valence-corrected chi connectivity index (χ0v) is 17.7. The standard InChI is InChI=1S/C26H30N2O2/c1-2-30-21-14-10-11-19(17-21)25-18-23(22-15-8-9-16-24(22)28-25)26(29)27-20-12-6-4-3-5-7-13-20/h8-11,14-18,20H,2-7,12-13H2,1H3,(H,27,29). The van der Waals surface area contributed by atoms with Crippen molar-refractivity contribution in [3.05, 3.63) is 60.2 Å². The Bertz CT molecular complexity index is 1010. The molecule has 0 atom stereocenters. The SMILES string of the molecule is CCOc1cccc(-c2cc(C(=O)NC3CCCCCCC3)c3ccccc3n2)c1. The number of hydrogen-bond acceptors (Lipinski definition) is 3. The summed E-state index contributed by atoms with van der Waals surface area (Å²) in [5.74, 6) is 0.812. The molecule has 4 heteroatoms. The second-order valence-electron chi connectivity index (χ2n) is 8.05. The third-order valence-corrected chi connectivity index (χ3v) is 5.84. The molecular weight excluding hydrogens is 372 g/mol. The molecule has 2 aromatic carbocycles. The number of nitrogens with zero attached hydrogens (tertiary/aromatic N) is 1. The van der Waals surface area contributed by atoms with Crippen molar-refractivity contribution in [1.82, 2.24) is 10.3 Å². The Morgan fingerprint density at radius 2 is 1.77 bits per heavy atom. The van der Waals surface area contributed by atoms with Crippen molar-refractivity contribution >= 4 is 16.8 Å². The number of amides is 1. The molecule has 1 N–H and O–H groups in total. The number of pyridine rings is 1. The molecule has 1 aromatic heterocycles. The van der Waals surface area contributed by atoms with Crippen LogP contribution in [-0.2, 0) is 0 Å². The van der Waals surface area contributed by atoms with Gasteiger partial charge in [-0.2, -0.15) is 0 Å². The summed E-state index contributed by atoms with van der Waals surface area (Å²) in [6.45, 7) is 2.59. The van der Waals surface area contributed by atoms with Crippen molar-refractivity contribution in [3.8, 4) is 17.0 Å². The Morgan fingerprint density at radius 1 is 1.00 bits per heavy atom. The molecule has 156 valence electrons. The summed E-state index contributed by atoms with van der Waals surface area (Å²) in [7, 11) is 0. The second kappa shape index (κ2) is 9.75. The molecule has 0 spiro atoms. The highest BCUT2D eigenvalue weighted by molar-refractivity contribution is 6.07. The second-order valence-corrected chi connectivity index (χ2v) is 8.05. The average Bonchev–Trinajstić information content (AvgIpc) is 2.75. The lowest BCUT2D eigenvalue weighted by atomic mass is 9.96. The normalized spacial score (nSPS) is 15.4. The van der Waals surface area contributed by atoms with Crippen LogP contribution in [0.2, 0.25) is 0 Å².